The maximum Gasteiger partial charge on any atom is 0.434 e. The molecule has 0 amide bonds. The number of nitrogens with zero attached hydrogens (tertiary/aromatic N) is 5. The van der Waals surface area contributed by atoms with Gasteiger partial charge in [-0.3, -0.25) is 0 Å². The summed E-state index contributed by atoms with van der Waals surface area (Å²) < 4.78 is 68.5. The first-order valence-electron chi connectivity index (χ1n) is 11.4. The molecule has 0 radical (unpaired) electrons. The summed E-state index contributed by atoms with van der Waals surface area (Å²) in [7, 11) is 0.148. The monoisotopic (exact) mass is 555 g/mol. The van der Waals surface area contributed by atoms with E-state index in [1.165, 1.54) is 19.2 Å². The summed E-state index contributed by atoms with van der Waals surface area (Å²) in [6.07, 6.45) is -2.01. The van der Waals surface area contributed by atoms with Crippen LogP contribution in [0.4, 0.5) is 17.6 Å². The Hall–Kier alpha value is -2.96. The molecule has 4 aromatic rings. The lowest BCUT2D eigenvalue weighted by molar-refractivity contribution is -0.140. The highest BCUT2D eigenvalue weighted by Gasteiger charge is 2.34. The third-order valence-electron chi connectivity index (χ3n) is 5.59. The van der Waals surface area contributed by atoms with Crippen molar-refractivity contribution in [2.75, 3.05) is 6.61 Å². The maximum atomic E-state index is 14.9. The molecule has 1 aromatic carbocycles. The van der Waals surface area contributed by atoms with Crippen LogP contribution in [0.5, 0.6) is 5.88 Å². The number of hydrogen-bond donors (Lipinski definition) is 0. The van der Waals surface area contributed by atoms with Crippen molar-refractivity contribution in [3.8, 4) is 17.3 Å². The third-order valence-corrected chi connectivity index (χ3v) is 7.47. The second-order valence-electron chi connectivity index (χ2n) is 9.83. The number of rotatable bonds is 9. The normalized spacial score (nSPS) is 12.5. The molecule has 0 N–H and O–H groups in total. The van der Waals surface area contributed by atoms with Gasteiger partial charge < -0.3 is 18.6 Å². The van der Waals surface area contributed by atoms with Gasteiger partial charge in [0.2, 0.25) is 11.2 Å². The van der Waals surface area contributed by atoms with Crippen LogP contribution in [0.2, 0.25) is 31.0 Å². The number of halogens is 5. The lowest BCUT2D eigenvalue weighted by Crippen LogP contribution is -2.22. The van der Waals surface area contributed by atoms with Crippen LogP contribution >= 0.6 is 11.6 Å². The van der Waals surface area contributed by atoms with E-state index < -0.39 is 25.8 Å². The van der Waals surface area contributed by atoms with Crippen molar-refractivity contribution < 1.29 is 27.0 Å². The fraction of sp³-hybridized carbons (Fsp3) is 0.375. The summed E-state index contributed by atoms with van der Waals surface area (Å²) in [6.45, 7) is 7.67. The average Bonchev–Trinajstić information content (AvgIpc) is 3.38. The maximum absolute atomic E-state index is 14.9. The van der Waals surface area contributed by atoms with Gasteiger partial charge in [-0.15, -0.1) is 0 Å². The van der Waals surface area contributed by atoms with Gasteiger partial charge in [0.05, 0.1) is 11.1 Å². The molecule has 3 heterocycles. The molecule has 0 aliphatic heterocycles. The van der Waals surface area contributed by atoms with Crippen LogP contribution in [-0.4, -0.2) is 38.8 Å². The van der Waals surface area contributed by atoms with E-state index in [1.54, 1.807) is 18.3 Å². The molecular formula is C24H26ClF4N5O2Si. The molecule has 3 aromatic heterocycles. The molecule has 0 fully saturated rings. The molecule has 0 spiro atoms. The van der Waals surface area contributed by atoms with Gasteiger partial charge in [-0.1, -0.05) is 25.7 Å². The van der Waals surface area contributed by atoms with Crippen molar-refractivity contribution in [1.82, 2.24) is 24.1 Å². The van der Waals surface area contributed by atoms with Gasteiger partial charge in [0.1, 0.15) is 30.5 Å². The van der Waals surface area contributed by atoms with Gasteiger partial charge in [0.25, 0.3) is 0 Å². The molecule has 0 unspecified atom stereocenters. The molecule has 0 aliphatic carbocycles. The molecule has 0 bridgehead atoms. The number of alkyl halides is 3. The summed E-state index contributed by atoms with van der Waals surface area (Å²) in [4.78, 5) is 12.0. The number of ether oxygens (including phenoxy) is 2. The van der Waals surface area contributed by atoms with Gasteiger partial charge in [0, 0.05) is 34.1 Å². The Morgan fingerprint density at radius 3 is 2.49 bits per heavy atom. The van der Waals surface area contributed by atoms with Crippen LogP contribution < -0.4 is 4.74 Å². The lowest BCUT2D eigenvalue weighted by Gasteiger charge is -2.16. The lowest BCUT2D eigenvalue weighted by atomic mass is 10.1. The number of benzene rings is 1. The Morgan fingerprint density at radius 2 is 1.84 bits per heavy atom. The van der Waals surface area contributed by atoms with Crippen molar-refractivity contribution in [3.05, 3.63) is 59.0 Å². The van der Waals surface area contributed by atoms with Crippen LogP contribution in [0.15, 0.2) is 36.7 Å². The first-order valence-corrected chi connectivity index (χ1v) is 15.5. The van der Waals surface area contributed by atoms with Crippen LogP contribution in [0.25, 0.3) is 22.4 Å². The van der Waals surface area contributed by atoms with E-state index in [9.17, 15) is 17.6 Å². The third kappa shape index (κ3) is 6.49. The fourth-order valence-electron chi connectivity index (χ4n) is 3.63. The molecule has 37 heavy (non-hydrogen) atoms. The first kappa shape index (κ1) is 27.1. The summed E-state index contributed by atoms with van der Waals surface area (Å²) >= 11 is 6.07. The highest BCUT2D eigenvalue weighted by atomic mass is 35.5. The van der Waals surface area contributed by atoms with Crippen LogP contribution in [0, 0.1) is 5.82 Å². The molecule has 198 valence electrons. The Kier molecular flexibility index (Phi) is 7.63. The molecular weight excluding hydrogens is 530 g/mol. The van der Waals surface area contributed by atoms with Crippen molar-refractivity contribution in [1.29, 1.82) is 0 Å². The highest BCUT2D eigenvalue weighted by molar-refractivity contribution is 6.76. The molecule has 0 saturated carbocycles. The minimum Gasteiger partial charge on any atom is -0.471 e. The second kappa shape index (κ2) is 10.4. The van der Waals surface area contributed by atoms with E-state index in [-0.39, 0.29) is 35.9 Å². The van der Waals surface area contributed by atoms with E-state index in [0.29, 0.717) is 23.2 Å². The first-order chi connectivity index (χ1) is 17.3. The number of aromatic nitrogens is 5. The zero-order valence-electron chi connectivity index (χ0n) is 20.7. The summed E-state index contributed by atoms with van der Waals surface area (Å²) in [6, 6.07) is 6.91. The minimum absolute atomic E-state index is 0.00307. The number of hydrogen-bond acceptors (Lipinski definition) is 5. The van der Waals surface area contributed by atoms with Crippen molar-refractivity contribution in [3.63, 3.8) is 0 Å². The van der Waals surface area contributed by atoms with Crippen LogP contribution in [0.1, 0.15) is 11.3 Å². The Morgan fingerprint density at radius 1 is 1.08 bits per heavy atom. The largest absolute Gasteiger partial charge is 0.471 e. The summed E-state index contributed by atoms with van der Waals surface area (Å²) in [5.41, 5.74) is 0.453. The molecule has 13 heteroatoms. The van der Waals surface area contributed by atoms with E-state index in [2.05, 4.69) is 34.6 Å². The molecule has 0 atom stereocenters. The van der Waals surface area contributed by atoms with Crippen LogP contribution in [0.3, 0.4) is 0 Å². The highest BCUT2D eigenvalue weighted by Crippen LogP contribution is 2.32. The quantitative estimate of drug-likeness (QED) is 0.102. The molecule has 4 rings (SSSR count). The number of fused-ring (bicyclic) bond motifs is 1. The van der Waals surface area contributed by atoms with Gasteiger partial charge in [0.15, 0.2) is 5.69 Å². The number of imidazole rings is 1. The summed E-state index contributed by atoms with van der Waals surface area (Å²) in [5, 5.41) is -0.00307. The van der Waals surface area contributed by atoms with Gasteiger partial charge >= 0.3 is 6.18 Å². The van der Waals surface area contributed by atoms with E-state index >= 15 is 0 Å². The topological polar surface area (TPSA) is 67.0 Å². The number of aryl methyl sites for hydroxylation is 1. The van der Waals surface area contributed by atoms with Gasteiger partial charge in [-0.05, 0) is 41.4 Å². The van der Waals surface area contributed by atoms with Crippen molar-refractivity contribution >= 4 is 30.7 Å². The predicted molar refractivity (Wildman–Crippen MR) is 135 cm³/mol. The Bertz CT molecular complexity index is 1410. The minimum atomic E-state index is -4.62. The van der Waals surface area contributed by atoms with E-state index in [4.69, 9.17) is 21.1 Å². The molecule has 7 nitrogen and oxygen atoms in total. The van der Waals surface area contributed by atoms with E-state index in [0.717, 1.165) is 16.8 Å². The standard InChI is InChI=1S/C24H26ClF4N5O2Si/c1-33-12-19(24(27,28)29)31-21(33)16-6-5-15(11-17(16)26)13-36-22-20-18(30-23(25)32-22)7-8-34(20)14-35-9-10-37(2,3)4/h5-8,11-12H,9-10,13-14H2,1-4H3. The smallest absolute Gasteiger partial charge is 0.434 e. The summed E-state index contributed by atoms with van der Waals surface area (Å²) in [5.74, 6) is -0.653. The predicted octanol–water partition coefficient (Wildman–Crippen LogP) is 6.53. The van der Waals surface area contributed by atoms with E-state index in [1.807, 2.05) is 4.57 Å². The zero-order valence-corrected chi connectivity index (χ0v) is 22.5. The second-order valence-corrected chi connectivity index (χ2v) is 15.8. The van der Waals surface area contributed by atoms with Gasteiger partial charge in [-0.2, -0.15) is 18.2 Å². The van der Waals surface area contributed by atoms with Gasteiger partial charge in [-0.25, -0.2) is 14.4 Å². The van der Waals surface area contributed by atoms with Crippen molar-refractivity contribution in [2.24, 2.45) is 7.05 Å². The Labute approximate surface area is 217 Å². The van der Waals surface area contributed by atoms with Crippen molar-refractivity contribution in [2.45, 2.75) is 45.2 Å². The molecule has 0 aliphatic rings. The average molecular weight is 556 g/mol. The Balaban J connectivity index is 1.51. The van der Waals surface area contributed by atoms with Crippen LogP contribution in [-0.2, 0) is 31.3 Å². The fourth-order valence-corrected chi connectivity index (χ4v) is 4.55. The zero-order chi connectivity index (χ0) is 27.0. The molecule has 0 saturated heterocycles. The SMILES string of the molecule is Cn1cc(C(F)(F)F)nc1-c1ccc(COc2nc(Cl)nc3ccn(COCC[Si](C)(C)C)c23)cc1F.